The predicted octanol–water partition coefficient (Wildman–Crippen LogP) is 6.98. The first kappa shape index (κ1) is 26.3. The molecule has 4 saturated carbocycles. The van der Waals surface area contributed by atoms with E-state index in [4.69, 9.17) is 4.74 Å². The van der Waals surface area contributed by atoms with Crippen molar-refractivity contribution in [3.63, 3.8) is 0 Å². The maximum Gasteiger partial charge on any atom is 0.248 e. The summed E-state index contributed by atoms with van der Waals surface area (Å²) in [5.41, 5.74) is 2.69. The van der Waals surface area contributed by atoms with E-state index in [9.17, 15) is 13.6 Å². The SMILES string of the molecule is COc1cc(-c2cccc(N(CC34CCC(c5nnc(C)s5)(CC3)CC4)C(=O)C3CCC(F)(F)C3)c2)ccn1. The standard InChI is InChI=1S/C30H34F2N4O2S/c1-20-34-35-27(39-20)29-12-9-28(10-13-29,11-14-29)19-36(26(37)23-6-8-30(31,32)18-23)24-5-3-4-21(16-24)22-7-15-33-25(17-22)38-2/h3-5,7,15-17,23H,6,8-14,18-19H2,1-2H3. The van der Waals surface area contributed by atoms with Gasteiger partial charge in [-0.15, -0.1) is 21.5 Å². The van der Waals surface area contributed by atoms with E-state index >= 15 is 0 Å². The van der Waals surface area contributed by atoms with Crippen molar-refractivity contribution in [3.8, 4) is 17.0 Å². The van der Waals surface area contributed by atoms with E-state index in [1.54, 1.807) is 24.6 Å². The number of alkyl halides is 2. The van der Waals surface area contributed by atoms with Crippen LogP contribution >= 0.6 is 11.3 Å². The monoisotopic (exact) mass is 552 g/mol. The van der Waals surface area contributed by atoms with Crippen LogP contribution in [0.1, 0.15) is 67.8 Å². The van der Waals surface area contributed by atoms with Gasteiger partial charge in [0.25, 0.3) is 0 Å². The molecule has 2 bridgehead atoms. The Balaban J connectivity index is 1.30. The first-order chi connectivity index (χ1) is 18.7. The van der Waals surface area contributed by atoms with Crippen molar-refractivity contribution in [2.75, 3.05) is 18.6 Å². The molecule has 2 heterocycles. The Morgan fingerprint density at radius 3 is 2.44 bits per heavy atom. The van der Waals surface area contributed by atoms with Crippen molar-refractivity contribution >= 4 is 22.9 Å². The molecule has 39 heavy (non-hydrogen) atoms. The van der Waals surface area contributed by atoms with Crippen molar-refractivity contribution in [1.82, 2.24) is 15.2 Å². The first-order valence-corrected chi connectivity index (χ1v) is 14.6. The number of amides is 1. The van der Waals surface area contributed by atoms with Crippen LogP contribution in [0.25, 0.3) is 11.1 Å². The molecule has 1 aromatic carbocycles. The third kappa shape index (κ3) is 5.06. The Labute approximate surface area is 231 Å². The number of benzene rings is 1. The number of aromatic nitrogens is 3. The molecule has 0 spiro atoms. The number of hydrogen-bond donors (Lipinski definition) is 0. The first-order valence-electron chi connectivity index (χ1n) is 13.8. The number of halogens is 2. The molecule has 0 saturated heterocycles. The predicted molar refractivity (Wildman–Crippen MR) is 147 cm³/mol. The molecule has 206 valence electrons. The highest BCUT2D eigenvalue weighted by Gasteiger charge is 2.52. The maximum atomic E-state index is 14.2. The van der Waals surface area contributed by atoms with E-state index in [0.29, 0.717) is 12.4 Å². The van der Waals surface area contributed by atoms with E-state index in [0.717, 1.165) is 65.4 Å². The lowest BCUT2D eigenvalue weighted by Gasteiger charge is -2.54. The van der Waals surface area contributed by atoms with Crippen molar-refractivity contribution in [3.05, 3.63) is 52.6 Å². The molecule has 0 N–H and O–H groups in total. The Hall–Kier alpha value is -2.94. The molecular weight excluding hydrogens is 518 g/mol. The number of pyridine rings is 1. The normalized spacial score (nSPS) is 27.4. The fraction of sp³-hybridized carbons (Fsp3) is 0.533. The van der Waals surface area contributed by atoms with E-state index in [1.165, 1.54) is 0 Å². The Morgan fingerprint density at radius 1 is 1.05 bits per heavy atom. The quantitative estimate of drug-likeness (QED) is 0.316. The summed E-state index contributed by atoms with van der Waals surface area (Å²) in [5.74, 6) is -3.09. The van der Waals surface area contributed by atoms with E-state index in [2.05, 4.69) is 15.2 Å². The molecule has 1 atom stereocenters. The van der Waals surface area contributed by atoms with E-state index in [1.807, 2.05) is 48.2 Å². The van der Waals surface area contributed by atoms with Gasteiger partial charge in [-0.05, 0) is 86.6 Å². The zero-order chi connectivity index (χ0) is 27.3. The number of hydrogen-bond acceptors (Lipinski definition) is 6. The molecule has 1 unspecified atom stereocenters. The Kier molecular flexibility index (Phi) is 6.68. The zero-order valence-corrected chi connectivity index (χ0v) is 23.3. The second-order valence-corrected chi connectivity index (χ2v) is 12.9. The number of carbonyl (C=O) groups excluding carboxylic acids is 1. The Bertz CT molecular complexity index is 1350. The molecule has 4 aliphatic carbocycles. The van der Waals surface area contributed by atoms with E-state index < -0.39 is 11.8 Å². The Morgan fingerprint density at radius 2 is 1.79 bits per heavy atom. The molecule has 2 aromatic heterocycles. The van der Waals surface area contributed by atoms with Crippen LogP contribution in [-0.2, 0) is 10.2 Å². The van der Waals surface area contributed by atoms with Crippen LogP contribution in [0.4, 0.5) is 14.5 Å². The van der Waals surface area contributed by atoms with E-state index in [-0.39, 0.29) is 36.0 Å². The lowest BCUT2D eigenvalue weighted by atomic mass is 9.53. The highest BCUT2D eigenvalue weighted by molar-refractivity contribution is 7.11. The molecule has 0 aliphatic heterocycles. The van der Waals surface area contributed by atoms with Crippen molar-refractivity contribution in [2.24, 2.45) is 11.3 Å². The van der Waals surface area contributed by atoms with Gasteiger partial charge in [0.05, 0.1) is 7.11 Å². The summed E-state index contributed by atoms with van der Waals surface area (Å²) in [4.78, 5) is 20.0. The third-order valence-corrected chi connectivity index (χ3v) is 10.4. The van der Waals surface area contributed by atoms with Crippen LogP contribution in [-0.4, -0.2) is 40.7 Å². The largest absolute Gasteiger partial charge is 0.481 e. The molecule has 7 rings (SSSR count). The average molecular weight is 553 g/mol. The summed E-state index contributed by atoms with van der Waals surface area (Å²) in [5, 5.41) is 10.9. The second-order valence-electron chi connectivity index (χ2n) is 11.8. The molecule has 4 fully saturated rings. The summed E-state index contributed by atoms with van der Waals surface area (Å²) in [7, 11) is 1.58. The number of fused-ring (bicyclic) bond motifs is 3. The van der Waals surface area contributed by atoms with Gasteiger partial charge in [-0.2, -0.15) is 0 Å². The molecule has 6 nitrogen and oxygen atoms in total. The fourth-order valence-electron chi connectivity index (χ4n) is 6.90. The van der Waals surface area contributed by atoms with Crippen LogP contribution in [0.3, 0.4) is 0 Å². The number of nitrogens with zero attached hydrogens (tertiary/aromatic N) is 4. The number of ether oxygens (including phenoxy) is 1. The van der Waals surface area contributed by atoms with Crippen molar-refractivity contribution in [2.45, 2.75) is 76.0 Å². The topological polar surface area (TPSA) is 68.2 Å². The van der Waals surface area contributed by atoms with Gasteiger partial charge >= 0.3 is 0 Å². The average Bonchev–Trinajstić information content (AvgIpc) is 3.57. The molecule has 0 radical (unpaired) electrons. The lowest BCUT2D eigenvalue weighted by Crippen LogP contribution is -2.51. The maximum absolute atomic E-state index is 14.2. The smallest absolute Gasteiger partial charge is 0.248 e. The van der Waals surface area contributed by atoms with Crippen LogP contribution in [0, 0.1) is 18.3 Å². The van der Waals surface area contributed by atoms with Crippen molar-refractivity contribution < 1.29 is 18.3 Å². The van der Waals surface area contributed by atoms with Gasteiger partial charge in [0, 0.05) is 48.7 Å². The van der Waals surface area contributed by atoms with Gasteiger partial charge < -0.3 is 9.64 Å². The second kappa shape index (κ2) is 9.91. The minimum Gasteiger partial charge on any atom is -0.481 e. The van der Waals surface area contributed by atoms with Crippen LogP contribution in [0.2, 0.25) is 0 Å². The lowest BCUT2D eigenvalue weighted by molar-refractivity contribution is -0.124. The van der Waals surface area contributed by atoms with Gasteiger partial charge in [-0.3, -0.25) is 4.79 Å². The van der Waals surface area contributed by atoms with Crippen LogP contribution < -0.4 is 9.64 Å². The molecule has 1 amide bonds. The number of carbonyl (C=O) groups is 1. The minimum atomic E-state index is -2.77. The van der Waals surface area contributed by atoms with Gasteiger partial charge in [0.15, 0.2) is 0 Å². The summed E-state index contributed by atoms with van der Waals surface area (Å²) in [6, 6.07) is 11.6. The minimum absolute atomic E-state index is 0.0197. The summed E-state index contributed by atoms with van der Waals surface area (Å²) < 4.78 is 33.7. The van der Waals surface area contributed by atoms with Gasteiger partial charge in [-0.25, -0.2) is 13.8 Å². The molecule has 4 aliphatic rings. The van der Waals surface area contributed by atoms with Gasteiger partial charge in [-0.1, -0.05) is 12.1 Å². The van der Waals surface area contributed by atoms with Crippen molar-refractivity contribution in [1.29, 1.82) is 0 Å². The highest BCUT2D eigenvalue weighted by Crippen LogP contribution is 2.58. The van der Waals surface area contributed by atoms with Crippen LogP contribution in [0.5, 0.6) is 5.88 Å². The number of aryl methyl sites for hydroxylation is 1. The molecular formula is C30H34F2N4O2S. The number of methoxy groups -OCH3 is 1. The zero-order valence-electron chi connectivity index (χ0n) is 22.5. The van der Waals surface area contributed by atoms with Crippen LogP contribution in [0.15, 0.2) is 42.6 Å². The summed E-state index contributed by atoms with van der Waals surface area (Å²) in [6.45, 7) is 2.56. The summed E-state index contributed by atoms with van der Waals surface area (Å²) in [6.07, 6.45) is 7.42. The fourth-order valence-corrected chi connectivity index (χ4v) is 7.87. The summed E-state index contributed by atoms with van der Waals surface area (Å²) >= 11 is 1.70. The highest BCUT2D eigenvalue weighted by atomic mass is 32.1. The van der Waals surface area contributed by atoms with Gasteiger partial charge in [0.1, 0.15) is 10.0 Å². The van der Waals surface area contributed by atoms with Gasteiger partial charge in [0.2, 0.25) is 17.7 Å². The third-order valence-electron chi connectivity index (χ3n) is 9.33. The molecule has 3 aromatic rings. The number of rotatable bonds is 7. The number of anilines is 1. The molecule has 9 heteroatoms.